The summed E-state index contributed by atoms with van der Waals surface area (Å²) in [4.78, 5) is 13.5. The monoisotopic (exact) mass is 452 g/mol. The smallest absolute Gasteiger partial charge is 0.264 e. The van der Waals surface area contributed by atoms with E-state index in [0.29, 0.717) is 12.2 Å². The number of benzene rings is 3. The van der Waals surface area contributed by atoms with Crippen molar-refractivity contribution in [2.45, 2.75) is 29.6 Å². The molecule has 0 aliphatic carbocycles. The van der Waals surface area contributed by atoms with Crippen molar-refractivity contribution in [1.82, 2.24) is 0 Å². The number of nitrogens with zero attached hydrogens (tertiary/aromatic N) is 1. The summed E-state index contributed by atoms with van der Waals surface area (Å²) >= 11 is 1.46. The van der Waals surface area contributed by atoms with Crippen molar-refractivity contribution < 1.29 is 13.2 Å². The van der Waals surface area contributed by atoms with Gasteiger partial charge in [0, 0.05) is 17.1 Å². The number of fused-ring (bicyclic) bond motifs is 1. The Morgan fingerprint density at radius 3 is 2.45 bits per heavy atom. The molecular weight excluding hydrogens is 428 g/mol. The van der Waals surface area contributed by atoms with Gasteiger partial charge in [0.05, 0.1) is 16.3 Å². The zero-order valence-corrected chi connectivity index (χ0v) is 18.9. The molecule has 0 saturated carbocycles. The van der Waals surface area contributed by atoms with Crippen LogP contribution in [0, 0.1) is 6.92 Å². The Morgan fingerprint density at radius 1 is 1.00 bits per heavy atom. The van der Waals surface area contributed by atoms with Crippen LogP contribution in [0.1, 0.15) is 17.5 Å². The molecule has 1 amide bonds. The van der Waals surface area contributed by atoms with Crippen molar-refractivity contribution in [3.05, 3.63) is 83.9 Å². The number of nitrogens with one attached hydrogen (secondary N) is 1. The molecule has 0 radical (unpaired) electrons. The zero-order chi connectivity index (χ0) is 21.8. The van der Waals surface area contributed by atoms with Gasteiger partial charge >= 0.3 is 0 Å². The molecule has 1 heterocycles. The third kappa shape index (κ3) is 4.94. The van der Waals surface area contributed by atoms with E-state index in [2.05, 4.69) is 5.32 Å². The van der Waals surface area contributed by atoms with Crippen molar-refractivity contribution in [3.63, 3.8) is 0 Å². The molecule has 3 aromatic rings. The minimum absolute atomic E-state index is 0.133. The number of para-hydroxylation sites is 1. The first kappa shape index (κ1) is 21.5. The molecule has 4 rings (SSSR count). The first-order chi connectivity index (χ1) is 14.9. The minimum atomic E-state index is -3.65. The molecule has 0 spiro atoms. The van der Waals surface area contributed by atoms with Gasteiger partial charge in [-0.3, -0.25) is 9.10 Å². The number of carbonyl (C=O) groups is 1. The van der Waals surface area contributed by atoms with Gasteiger partial charge < -0.3 is 5.32 Å². The number of rotatable bonds is 6. The molecule has 0 unspecified atom stereocenters. The molecule has 0 fully saturated rings. The zero-order valence-electron chi connectivity index (χ0n) is 17.2. The Kier molecular flexibility index (Phi) is 6.34. The molecule has 7 heteroatoms. The van der Waals surface area contributed by atoms with E-state index in [1.165, 1.54) is 21.6 Å². The fourth-order valence-electron chi connectivity index (χ4n) is 3.57. The molecule has 160 valence electrons. The van der Waals surface area contributed by atoms with E-state index in [1.54, 1.807) is 24.3 Å². The van der Waals surface area contributed by atoms with Crippen molar-refractivity contribution in [2.24, 2.45) is 0 Å². The number of anilines is 2. The van der Waals surface area contributed by atoms with Crippen LogP contribution in [0.5, 0.6) is 0 Å². The van der Waals surface area contributed by atoms with Crippen LogP contribution in [0.25, 0.3) is 0 Å². The number of thioether (sulfide) groups is 1. The van der Waals surface area contributed by atoms with Gasteiger partial charge in [-0.05, 0) is 67.8 Å². The fraction of sp³-hybridized carbons (Fsp3) is 0.208. The Balaban J connectivity index is 1.42. The van der Waals surface area contributed by atoms with Gasteiger partial charge in [0.2, 0.25) is 5.91 Å². The molecule has 0 aromatic heterocycles. The van der Waals surface area contributed by atoms with Crippen LogP contribution >= 0.6 is 11.8 Å². The largest absolute Gasteiger partial charge is 0.325 e. The fourth-order valence-corrected chi connectivity index (χ4v) is 5.81. The highest BCUT2D eigenvalue weighted by Gasteiger charge is 2.28. The van der Waals surface area contributed by atoms with Crippen LogP contribution < -0.4 is 9.62 Å². The molecule has 1 aliphatic rings. The Hall–Kier alpha value is -2.77. The van der Waals surface area contributed by atoms with Crippen LogP contribution in [-0.2, 0) is 21.2 Å². The quantitative estimate of drug-likeness (QED) is 0.542. The molecule has 5 nitrogen and oxygen atoms in total. The summed E-state index contributed by atoms with van der Waals surface area (Å²) in [5.41, 5.74) is 3.55. The molecule has 31 heavy (non-hydrogen) atoms. The standard InChI is InChI=1S/C24H24N2O3S2/c1-18-8-12-21(13-9-18)30-17-24(27)25-20-10-14-22(15-11-20)31(28,29)26-16-4-6-19-5-2-3-7-23(19)26/h2-3,5,7-15H,4,6,16-17H2,1H3,(H,25,27). The maximum Gasteiger partial charge on any atom is 0.264 e. The lowest BCUT2D eigenvalue weighted by Gasteiger charge is -2.30. The third-order valence-corrected chi connectivity index (χ3v) is 8.02. The topological polar surface area (TPSA) is 66.5 Å². The van der Waals surface area contributed by atoms with E-state index < -0.39 is 10.0 Å². The van der Waals surface area contributed by atoms with Crippen LogP contribution in [0.15, 0.2) is 82.6 Å². The van der Waals surface area contributed by atoms with Gasteiger partial charge in [-0.15, -0.1) is 11.8 Å². The highest BCUT2D eigenvalue weighted by atomic mass is 32.2. The third-order valence-electron chi connectivity index (χ3n) is 5.18. The Morgan fingerprint density at radius 2 is 1.71 bits per heavy atom. The SMILES string of the molecule is Cc1ccc(SCC(=O)Nc2ccc(S(=O)(=O)N3CCCc4ccccc43)cc2)cc1. The number of aryl methyl sites for hydroxylation is 2. The van der Waals surface area contributed by atoms with Crippen LogP contribution in [0.3, 0.4) is 0 Å². The summed E-state index contributed by atoms with van der Waals surface area (Å²) in [6.45, 7) is 2.49. The summed E-state index contributed by atoms with van der Waals surface area (Å²) in [7, 11) is -3.65. The maximum absolute atomic E-state index is 13.2. The minimum Gasteiger partial charge on any atom is -0.325 e. The van der Waals surface area contributed by atoms with E-state index in [9.17, 15) is 13.2 Å². The predicted molar refractivity (Wildman–Crippen MR) is 126 cm³/mol. The Labute approximate surface area is 187 Å². The molecular formula is C24H24N2O3S2. The van der Waals surface area contributed by atoms with Gasteiger partial charge in [-0.1, -0.05) is 35.9 Å². The van der Waals surface area contributed by atoms with E-state index in [-0.39, 0.29) is 16.6 Å². The van der Waals surface area contributed by atoms with Crippen molar-refractivity contribution in [3.8, 4) is 0 Å². The summed E-state index contributed by atoms with van der Waals surface area (Å²) in [6.07, 6.45) is 1.68. The number of carbonyl (C=O) groups excluding carboxylic acids is 1. The van der Waals surface area contributed by atoms with E-state index in [1.807, 2.05) is 55.5 Å². The van der Waals surface area contributed by atoms with E-state index >= 15 is 0 Å². The second kappa shape index (κ2) is 9.16. The van der Waals surface area contributed by atoms with Gasteiger partial charge in [0.15, 0.2) is 0 Å². The normalized spacial score (nSPS) is 13.5. The van der Waals surface area contributed by atoms with Crippen molar-refractivity contribution >= 4 is 39.1 Å². The van der Waals surface area contributed by atoms with Gasteiger partial charge in [0.25, 0.3) is 10.0 Å². The van der Waals surface area contributed by atoms with Crippen LogP contribution in [0.4, 0.5) is 11.4 Å². The second-order valence-corrected chi connectivity index (χ2v) is 10.4. The predicted octanol–water partition coefficient (Wildman–Crippen LogP) is 4.87. The highest BCUT2D eigenvalue weighted by Crippen LogP contribution is 2.32. The molecule has 0 bridgehead atoms. The van der Waals surface area contributed by atoms with Gasteiger partial charge in [0.1, 0.15) is 0 Å². The number of amides is 1. The summed E-state index contributed by atoms with van der Waals surface area (Å²) in [6, 6.07) is 22.0. The van der Waals surface area contributed by atoms with E-state index in [0.717, 1.165) is 29.0 Å². The number of sulfonamides is 1. The Bertz CT molecular complexity index is 1170. The second-order valence-electron chi connectivity index (χ2n) is 7.48. The average Bonchev–Trinajstić information content (AvgIpc) is 2.78. The number of hydrogen-bond donors (Lipinski definition) is 1. The first-order valence-electron chi connectivity index (χ1n) is 10.1. The van der Waals surface area contributed by atoms with Crippen molar-refractivity contribution in [2.75, 3.05) is 21.9 Å². The van der Waals surface area contributed by atoms with Crippen LogP contribution in [-0.4, -0.2) is 26.6 Å². The molecule has 3 aromatic carbocycles. The average molecular weight is 453 g/mol. The molecule has 1 aliphatic heterocycles. The lowest BCUT2D eigenvalue weighted by atomic mass is 10.0. The lowest BCUT2D eigenvalue weighted by molar-refractivity contribution is -0.113. The highest BCUT2D eigenvalue weighted by molar-refractivity contribution is 8.00. The molecule has 0 saturated heterocycles. The molecule has 1 N–H and O–H groups in total. The van der Waals surface area contributed by atoms with Crippen molar-refractivity contribution in [1.29, 1.82) is 0 Å². The number of hydrogen-bond acceptors (Lipinski definition) is 4. The van der Waals surface area contributed by atoms with Gasteiger partial charge in [-0.2, -0.15) is 0 Å². The maximum atomic E-state index is 13.2. The summed E-state index contributed by atoms with van der Waals surface area (Å²) < 4.78 is 27.9. The first-order valence-corrected chi connectivity index (χ1v) is 12.6. The lowest BCUT2D eigenvalue weighted by Crippen LogP contribution is -2.35. The summed E-state index contributed by atoms with van der Waals surface area (Å²) in [5, 5.41) is 2.83. The molecule has 0 atom stereocenters. The van der Waals surface area contributed by atoms with E-state index in [4.69, 9.17) is 0 Å². The van der Waals surface area contributed by atoms with Crippen LogP contribution in [0.2, 0.25) is 0 Å². The summed E-state index contributed by atoms with van der Waals surface area (Å²) in [5.74, 6) is 0.152. The van der Waals surface area contributed by atoms with Gasteiger partial charge in [-0.25, -0.2) is 8.42 Å².